The number of unbranched alkanes of at least 4 members (excludes halogenated alkanes) is 23. The van der Waals surface area contributed by atoms with Crippen LogP contribution in [0.4, 0.5) is 0 Å². The van der Waals surface area contributed by atoms with E-state index in [1.165, 1.54) is 174 Å². The van der Waals surface area contributed by atoms with Crippen LogP contribution in [0.2, 0.25) is 0 Å². The number of hydrogen-bond donors (Lipinski definition) is 0. The van der Waals surface area contributed by atoms with E-state index in [4.69, 9.17) is 0 Å². The summed E-state index contributed by atoms with van der Waals surface area (Å²) in [6, 6.07) is 0. The number of nitrogens with zero attached hydrogens (tertiary/aromatic N) is 2. The van der Waals surface area contributed by atoms with Crippen molar-refractivity contribution in [2.75, 3.05) is 13.1 Å². The first-order valence-electron chi connectivity index (χ1n) is 16.5. The Labute approximate surface area is 222 Å². The fraction of sp³-hybridized carbons (Fsp3) is 0.939. The molecule has 0 spiro atoms. The van der Waals surface area contributed by atoms with Crippen LogP contribution in [0.1, 0.15) is 181 Å². The monoisotopic (exact) mass is 491 g/mol. The van der Waals surface area contributed by atoms with Gasteiger partial charge in [-0.05, 0) is 19.8 Å². The molecule has 1 aliphatic heterocycles. The Hall–Kier alpha value is -0.660. The van der Waals surface area contributed by atoms with Gasteiger partial charge in [-0.3, -0.25) is 0 Å². The maximum Gasteiger partial charge on any atom is 0.0977 e. The SMILES string of the molecule is CCCCCCCCCCCCCCCN1C=CN(CCCCCCCCCCCCCC)C1C. The summed E-state index contributed by atoms with van der Waals surface area (Å²) in [4.78, 5) is 5.14. The average Bonchev–Trinajstić information content (AvgIpc) is 3.21. The lowest BCUT2D eigenvalue weighted by molar-refractivity contribution is 0.165. The zero-order valence-electron chi connectivity index (χ0n) is 24.7. The Morgan fingerprint density at radius 3 is 0.857 bits per heavy atom. The second-order valence-corrected chi connectivity index (χ2v) is 11.5. The molecule has 1 unspecified atom stereocenters. The molecule has 2 heteroatoms. The molecule has 1 atom stereocenters. The van der Waals surface area contributed by atoms with Crippen LogP contribution in [-0.2, 0) is 0 Å². The van der Waals surface area contributed by atoms with Crippen molar-refractivity contribution in [2.45, 2.75) is 187 Å². The maximum atomic E-state index is 2.57. The molecular weight excluding hydrogens is 424 g/mol. The van der Waals surface area contributed by atoms with Gasteiger partial charge in [-0.25, -0.2) is 0 Å². The van der Waals surface area contributed by atoms with Crippen molar-refractivity contribution >= 4 is 0 Å². The summed E-state index contributed by atoms with van der Waals surface area (Å²) in [5, 5.41) is 0. The Morgan fingerprint density at radius 2 is 0.600 bits per heavy atom. The third-order valence-electron chi connectivity index (χ3n) is 8.20. The van der Waals surface area contributed by atoms with Gasteiger partial charge < -0.3 is 9.80 Å². The summed E-state index contributed by atoms with van der Waals surface area (Å²) < 4.78 is 0. The van der Waals surface area contributed by atoms with E-state index in [2.05, 4.69) is 43.0 Å². The first-order chi connectivity index (χ1) is 17.3. The highest BCUT2D eigenvalue weighted by atomic mass is 15.4. The second kappa shape index (κ2) is 25.0. The van der Waals surface area contributed by atoms with Crippen LogP contribution in [0.25, 0.3) is 0 Å². The van der Waals surface area contributed by atoms with Gasteiger partial charge >= 0.3 is 0 Å². The molecule has 0 aromatic carbocycles. The molecule has 35 heavy (non-hydrogen) atoms. The molecule has 0 aliphatic carbocycles. The Morgan fingerprint density at radius 1 is 0.371 bits per heavy atom. The molecular formula is C33H66N2. The normalized spacial score (nSPS) is 15.6. The molecule has 1 aliphatic rings. The molecule has 0 amide bonds. The Kier molecular flexibility index (Phi) is 23.1. The molecule has 0 radical (unpaired) electrons. The third-order valence-corrected chi connectivity index (χ3v) is 8.20. The van der Waals surface area contributed by atoms with Gasteiger partial charge in [0.1, 0.15) is 0 Å². The average molecular weight is 491 g/mol. The summed E-state index contributed by atoms with van der Waals surface area (Å²) in [7, 11) is 0. The predicted molar refractivity (Wildman–Crippen MR) is 159 cm³/mol. The molecule has 208 valence electrons. The van der Waals surface area contributed by atoms with Crippen molar-refractivity contribution in [1.29, 1.82) is 0 Å². The minimum Gasteiger partial charge on any atom is -0.356 e. The molecule has 0 saturated heterocycles. The Bertz CT molecular complexity index is 446. The molecule has 0 bridgehead atoms. The fourth-order valence-electron chi connectivity index (χ4n) is 5.58. The van der Waals surface area contributed by atoms with Crippen molar-refractivity contribution in [2.24, 2.45) is 0 Å². The first kappa shape index (κ1) is 32.4. The highest BCUT2D eigenvalue weighted by Gasteiger charge is 2.20. The zero-order chi connectivity index (χ0) is 25.2. The van der Waals surface area contributed by atoms with E-state index in [0.29, 0.717) is 6.17 Å². The summed E-state index contributed by atoms with van der Waals surface area (Å²) in [6.07, 6.45) is 41.2. The van der Waals surface area contributed by atoms with Crippen LogP contribution < -0.4 is 0 Å². The van der Waals surface area contributed by atoms with Crippen LogP contribution in [0.5, 0.6) is 0 Å². The summed E-state index contributed by atoms with van der Waals surface area (Å²) >= 11 is 0. The molecule has 1 heterocycles. The van der Waals surface area contributed by atoms with E-state index >= 15 is 0 Å². The van der Waals surface area contributed by atoms with Crippen molar-refractivity contribution in [3.63, 3.8) is 0 Å². The van der Waals surface area contributed by atoms with Gasteiger partial charge in [0.15, 0.2) is 0 Å². The van der Waals surface area contributed by atoms with Gasteiger partial charge in [-0.2, -0.15) is 0 Å². The van der Waals surface area contributed by atoms with Gasteiger partial charge in [0.25, 0.3) is 0 Å². The highest BCUT2D eigenvalue weighted by molar-refractivity contribution is 4.95. The van der Waals surface area contributed by atoms with Crippen LogP contribution in [-0.4, -0.2) is 29.1 Å². The van der Waals surface area contributed by atoms with Gasteiger partial charge in [0.05, 0.1) is 6.17 Å². The van der Waals surface area contributed by atoms with Gasteiger partial charge in [-0.15, -0.1) is 0 Å². The van der Waals surface area contributed by atoms with Crippen LogP contribution in [0.3, 0.4) is 0 Å². The smallest absolute Gasteiger partial charge is 0.0977 e. The predicted octanol–water partition coefficient (Wildman–Crippen LogP) is 11.2. The van der Waals surface area contributed by atoms with Crippen molar-refractivity contribution < 1.29 is 0 Å². The van der Waals surface area contributed by atoms with E-state index in [1.54, 1.807) is 0 Å². The molecule has 1 rings (SSSR count). The van der Waals surface area contributed by atoms with E-state index in [1.807, 2.05) is 0 Å². The third kappa shape index (κ3) is 19.2. The van der Waals surface area contributed by atoms with E-state index in [9.17, 15) is 0 Å². The van der Waals surface area contributed by atoms with Crippen molar-refractivity contribution in [3.8, 4) is 0 Å². The highest BCUT2D eigenvalue weighted by Crippen LogP contribution is 2.19. The number of rotatable bonds is 27. The lowest BCUT2D eigenvalue weighted by atomic mass is 10.0. The standard InChI is InChI=1S/C33H66N2/c1-4-6-8-10-12-14-16-18-20-22-24-26-28-30-35-32-31-34(33(35)3)29-27-25-23-21-19-17-15-13-11-9-7-5-2/h31-33H,4-30H2,1-3H3. The van der Waals surface area contributed by atoms with Crippen molar-refractivity contribution in [3.05, 3.63) is 12.4 Å². The Balaban J connectivity index is 1.84. The number of hydrogen-bond acceptors (Lipinski definition) is 2. The van der Waals surface area contributed by atoms with Gasteiger partial charge in [0.2, 0.25) is 0 Å². The molecule has 0 aromatic heterocycles. The molecule has 0 aromatic rings. The summed E-state index contributed by atoms with van der Waals surface area (Å²) in [6.45, 7) is 9.48. The van der Waals surface area contributed by atoms with Crippen LogP contribution in [0.15, 0.2) is 12.4 Å². The van der Waals surface area contributed by atoms with Crippen LogP contribution >= 0.6 is 0 Å². The quantitative estimate of drug-likeness (QED) is 0.106. The summed E-state index contributed by atoms with van der Waals surface area (Å²) in [5.41, 5.74) is 0. The lowest BCUT2D eigenvalue weighted by Gasteiger charge is -2.30. The zero-order valence-corrected chi connectivity index (χ0v) is 24.7. The minimum absolute atomic E-state index is 0.569. The van der Waals surface area contributed by atoms with E-state index in [-0.39, 0.29) is 0 Å². The van der Waals surface area contributed by atoms with Crippen LogP contribution in [0, 0.1) is 0 Å². The topological polar surface area (TPSA) is 6.48 Å². The summed E-state index contributed by atoms with van der Waals surface area (Å²) in [5.74, 6) is 0. The maximum absolute atomic E-state index is 2.57. The second-order valence-electron chi connectivity index (χ2n) is 11.5. The van der Waals surface area contributed by atoms with Crippen molar-refractivity contribution in [1.82, 2.24) is 9.80 Å². The molecule has 0 N–H and O–H groups in total. The van der Waals surface area contributed by atoms with Gasteiger partial charge in [0, 0.05) is 25.5 Å². The minimum atomic E-state index is 0.569. The first-order valence-corrected chi connectivity index (χ1v) is 16.5. The molecule has 2 nitrogen and oxygen atoms in total. The fourth-order valence-corrected chi connectivity index (χ4v) is 5.58. The lowest BCUT2D eigenvalue weighted by Crippen LogP contribution is -2.36. The molecule has 0 fully saturated rings. The molecule has 0 saturated carbocycles. The largest absolute Gasteiger partial charge is 0.356 e. The van der Waals surface area contributed by atoms with E-state index < -0.39 is 0 Å². The van der Waals surface area contributed by atoms with Gasteiger partial charge in [-0.1, -0.05) is 162 Å². The van der Waals surface area contributed by atoms with E-state index in [0.717, 1.165) is 0 Å².